The van der Waals surface area contributed by atoms with Gasteiger partial charge in [-0.15, -0.1) is 0 Å². The number of carbonyl (C=O) groups excluding carboxylic acids is 2. The standard InChI is InChI=1S/C18H18ClNO6S/c1-11-5-4-6-13(9-11)20-27(23,24)14-7-8-16(19)15(10-14)18(22)26-12(2)17(21)25-3/h4-10,12,20H,1-3H3/t12-/m0/s1. The van der Waals surface area contributed by atoms with Gasteiger partial charge in [0.15, 0.2) is 6.10 Å². The molecule has 0 saturated carbocycles. The fourth-order valence-electron chi connectivity index (χ4n) is 2.19. The number of rotatable bonds is 6. The molecule has 0 aliphatic carbocycles. The number of hydrogen-bond acceptors (Lipinski definition) is 6. The van der Waals surface area contributed by atoms with Crippen LogP contribution in [0, 0.1) is 6.92 Å². The molecule has 2 aromatic rings. The second-order valence-corrected chi connectivity index (χ2v) is 7.78. The van der Waals surface area contributed by atoms with Crippen LogP contribution in [0.5, 0.6) is 0 Å². The molecule has 1 N–H and O–H groups in total. The molecule has 2 aromatic carbocycles. The van der Waals surface area contributed by atoms with Crippen molar-refractivity contribution in [2.45, 2.75) is 24.8 Å². The van der Waals surface area contributed by atoms with Gasteiger partial charge >= 0.3 is 11.9 Å². The average Bonchev–Trinajstić information content (AvgIpc) is 2.60. The molecule has 0 spiro atoms. The number of sulfonamides is 1. The van der Waals surface area contributed by atoms with Crippen LogP contribution in [-0.2, 0) is 24.3 Å². The number of nitrogens with one attached hydrogen (secondary N) is 1. The highest BCUT2D eigenvalue weighted by Gasteiger charge is 2.23. The highest BCUT2D eigenvalue weighted by atomic mass is 35.5. The molecule has 0 aromatic heterocycles. The molecule has 0 radical (unpaired) electrons. The first kappa shape index (κ1) is 20.7. The molecule has 1 atom stereocenters. The minimum atomic E-state index is -3.96. The Hall–Kier alpha value is -2.58. The molecule has 0 heterocycles. The Morgan fingerprint density at radius 3 is 2.48 bits per heavy atom. The maximum atomic E-state index is 12.6. The van der Waals surface area contributed by atoms with Crippen molar-refractivity contribution in [2.24, 2.45) is 0 Å². The number of ether oxygens (including phenoxy) is 2. The highest BCUT2D eigenvalue weighted by molar-refractivity contribution is 7.92. The maximum Gasteiger partial charge on any atom is 0.346 e. The second-order valence-electron chi connectivity index (χ2n) is 5.69. The van der Waals surface area contributed by atoms with Gasteiger partial charge in [0.1, 0.15) is 0 Å². The molecule has 0 fully saturated rings. The van der Waals surface area contributed by atoms with Gasteiger partial charge in [0.05, 0.1) is 22.6 Å². The quantitative estimate of drug-likeness (QED) is 0.733. The van der Waals surface area contributed by atoms with Crippen molar-refractivity contribution in [1.82, 2.24) is 0 Å². The summed E-state index contributed by atoms with van der Waals surface area (Å²) in [4.78, 5) is 23.5. The molecule has 7 nitrogen and oxygen atoms in total. The van der Waals surface area contributed by atoms with Crippen molar-refractivity contribution < 1.29 is 27.5 Å². The lowest BCUT2D eigenvalue weighted by Crippen LogP contribution is -2.25. The van der Waals surface area contributed by atoms with E-state index < -0.39 is 28.1 Å². The van der Waals surface area contributed by atoms with E-state index in [0.29, 0.717) is 5.69 Å². The van der Waals surface area contributed by atoms with Gasteiger partial charge in [0.2, 0.25) is 0 Å². The molecule has 2 rings (SSSR count). The fraction of sp³-hybridized carbons (Fsp3) is 0.222. The SMILES string of the molecule is COC(=O)[C@H](C)OC(=O)c1cc(S(=O)(=O)Nc2cccc(C)c2)ccc1Cl. The number of benzene rings is 2. The number of esters is 2. The molecule has 0 aliphatic rings. The topological polar surface area (TPSA) is 98.8 Å². The zero-order valence-corrected chi connectivity index (χ0v) is 16.4. The number of carbonyl (C=O) groups is 2. The van der Waals surface area contributed by atoms with Crippen LogP contribution in [0.4, 0.5) is 5.69 Å². The van der Waals surface area contributed by atoms with Gasteiger partial charge in [-0.25, -0.2) is 18.0 Å². The summed E-state index contributed by atoms with van der Waals surface area (Å²) in [6.45, 7) is 3.16. The van der Waals surface area contributed by atoms with E-state index in [4.69, 9.17) is 16.3 Å². The molecule has 0 aliphatic heterocycles. The number of hydrogen-bond donors (Lipinski definition) is 1. The normalized spacial score (nSPS) is 12.1. The van der Waals surface area contributed by atoms with Gasteiger partial charge < -0.3 is 9.47 Å². The lowest BCUT2D eigenvalue weighted by atomic mass is 10.2. The average molecular weight is 412 g/mol. The van der Waals surface area contributed by atoms with Crippen LogP contribution in [0.15, 0.2) is 47.4 Å². The van der Waals surface area contributed by atoms with Crippen LogP contribution >= 0.6 is 11.6 Å². The molecular weight excluding hydrogens is 394 g/mol. The Morgan fingerprint density at radius 1 is 1.15 bits per heavy atom. The van der Waals surface area contributed by atoms with Crippen LogP contribution in [0.25, 0.3) is 0 Å². The summed E-state index contributed by atoms with van der Waals surface area (Å²) in [5, 5.41) is -0.00780. The summed E-state index contributed by atoms with van der Waals surface area (Å²) >= 11 is 5.99. The Bertz CT molecular complexity index is 974. The Kier molecular flexibility index (Phi) is 6.45. The van der Waals surface area contributed by atoms with E-state index in [1.165, 1.54) is 19.1 Å². The van der Waals surface area contributed by atoms with Crippen molar-refractivity contribution in [3.8, 4) is 0 Å². The molecule has 27 heavy (non-hydrogen) atoms. The minimum Gasteiger partial charge on any atom is -0.466 e. The number of anilines is 1. The Balaban J connectivity index is 2.30. The van der Waals surface area contributed by atoms with Crippen LogP contribution in [-0.4, -0.2) is 33.6 Å². The van der Waals surface area contributed by atoms with E-state index in [0.717, 1.165) is 18.7 Å². The third-order valence-electron chi connectivity index (χ3n) is 3.56. The summed E-state index contributed by atoms with van der Waals surface area (Å²) in [7, 11) is -2.80. The van der Waals surface area contributed by atoms with E-state index in [1.807, 2.05) is 13.0 Å². The number of methoxy groups -OCH3 is 1. The summed E-state index contributed by atoms with van der Waals surface area (Å²) < 4.78 is 37.1. The zero-order chi connectivity index (χ0) is 20.2. The van der Waals surface area contributed by atoms with Gasteiger partial charge in [-0.1, -0.05) is 23.7 Å². The number of halogens is 1. The van der Waals surface area contributed by atoms with Crippen molar-refractivity contribution >= 4 is 39.3 Å². The third kappa shape index (κ3) is 5.21. The van der Waals surface area contributed by atoms with E-state index in [-0.39, 0.29) is 15.5 Å². The summed E-state index contributed by atoms with van der Waals surface area (Å²) in [5.74, 6) is -1.69. The summed E-state index contributed by atoms with van der Waals surface area (Å²) in [6.07, 6.45) is -1.16. The van der Waals surface area contributed by atoms with E-state index in [2.05, 4.69) is 9.46 Å². The highest BCUT2D eigenvalue weighted by Crippen LogP contribution is 2.24. The number of aryl methyl sites for hydroxylation is 1. The van der Waals surface area contributed by atoms with Gasteiger partial charge in [0.25, 0.3) is 10.0 Å². The van der Waals surface area contributed by atoms with E-state index in [1.54, 1.807) is 18.2 Å². The van der Waals surface area contributed by atoms with Crippen LogP contribution < -0.4 is 4.72 Å². The lowest BCUT2D eigenvalue weighted by Gasteiger charge is -2.13. The van der Waals surface area contributed by atoms with Crippen molar-refractivity contribution in [2.75, 3.05) is 11.8 Å². The Labute approximate surface area is 162 Å². The maximum absolute atomic E-state index is 12.6. The van der Waals surface area contributed by atoms with E-state index in [9.17, 15) is 18.0 Å². The zero-order valence-electron chi connectivity index (χ0n) is 14.9. The predicted molar refractivity (Wildman–Crippen MR) is 100 cm³/mol. The predicted octanol–water partition coefficient (Wildman–Crippen LogP) is 3.17. The monoisotopic (exact) mass is 411 g/mol. The summed E-state index contributed by atoms with van der Waals surface area (Å²) in [6, 6.07) is 10.4. The lowest BCUT2D eigenvalue weighted by molar-refractivity contribution is -0.149. The van der Waals surface area contributed by atoms with Gasteiger partial charge in [-0.3, -0.25) is 4.72 Å². The van der Waals surface area contributed by atoms with E-state index >= 15 is 0 Å². The molecule has 0 unspecified atom stereocenters. The van der Waals surface area contributed by atoms with Gasteiger partial charge in [0, 0.05) is 5.69 Å². The van der Waals surface area contributed by atoms with Crippen molar-refractivity contribution in [3.63, 3.8) is 0 Å². The first-order valence-electron chi connectivity index (χ1n) is 7.82. The van der Waals surface area contributed by atoms with Gasteiger partial charge in [-0.05, 0) is 49.7 Å². The Morgan fingerprint density at radius 2 is 1.85 bits per heavy atom. The molecule has 144 valence electrons. The first-order valence-corrected chi connectivity index (χ1v) is 9.68. The van der Waals surface area contributed by atoms with Crippen molar-refractivity contribution in [3.05, 3.63) is 58.6 Å². The fourth-order valence-corrected chi connectivity index (χ4v) is 3.46. The second kappa shape index (κ2) is 8.41. The van der Waals surface area contributed by atoms with Crippen LogP contribution in [0.3, 0.4) is 0 Å². The molecular formula is C18H18ClNO6S. The molecule has 9 heteroatoms. The smallest absolute Gasteiger partial charge is 0.346 e. The molecule has 0 bridgehead atoms. The summed E-state index contributed by atoms with van der Waals surface area (Å²) in [5.41, 5.74) is 1.08. The third-order valence-corrected chi connectivity index (χ3v) is 5.26. The van der Waals surface area contributed by atoms with Crippen LogP contribution in [0.1, 0.15) is 22.8 Å². The van der Waals surface area contributed by atoms with Gasteiger partial charge in [-0.2, -0.15) is 0 Å². The molecule has 0 amide bonds. The van der Waals surface area contributed by atoms with Crippen molar-refractivity contribution in [1.29, 1.82) is 0 Å². The largest absolute Gasteiger partial charge is 0.466 e. The first-order chi connectivity index (χ1) is 12.6. The van der Waals surface area contributed by atoms with Crippen LogP contribution in [0.2, 0.25) is 5.02 Å². The minimum absolute atomic E-state index is 0.00780. The molecule has 0 saturated heterocycles.